The van der Waals surface area contributed by atoms with Gasteiger partial charge in [-0.3, -0.25) is 9.63 Å². The highest BCUT2D eigenvalue weighted by Gasteiger charge is 2.24. The minimum Gasteiger partial charge on any atom is -0.480 e. The summed E-state index contributed by atoms with van der Waals surface area (Å²) in [5, 5.41) is 9.65. The first kappa shape index (κ1) is 17.5. The molecule has 0 bridgehead atoms. The van der Waals surface area contributed by atoms with E-state index in [9.17, 15) is 9.59 Å². The van der Waals surface area contributed by atoms with Crippen molar-refractivity contribution in [3.63, 3.8) is 0 Å². The summed E-state index contributed by atoms with van der Waals surface area (Å²) in [5.74, 6) is -1.11. The number of hydroxylamine groups is 2. The highest BCUT2D eigenvalue weighted by Crippen LogP contribution is 2.04. The maximum atomic E-state index is 10.8. The average molecular weight is 255 g/mol. The lowest BCUT2D eigenvalue weighted by Crippen LogP contribution is -2.41. The number of nitrogens with zero attached hydrogens (tertiary/aromatic N) is 1. The van der Waals surface area contributed by atoms with Crippen molar-refractivity contribution in [2.75, 3.05) is 13.2 Å². The smallest absolute Gasteiger partial charge is 0.329 e. The normalized spacial score (nSPS) is 11.4. The maximum Gasteiger partial charge on any atom is 0.329 e. The molecule has 3 N–H and O–H groups in total. The van der Waals surface area contributed by atoms with Crippen molar-refractivity contribution in [3.05, 3.63) is 0 Å². The number of carbonyl (C=O) groups excluding carboxylic acids is 1. The standard InChI is InChI=1S/C9H18N2O4.ClH/c1-2-3-6-15-11(7-12)8(4-5-10)9(13)14;/h7-8H,2-6,10H2,1H3,(H,13,14);1H/t8-;/m1./s1. The van der Waals surface area contributed by atoms with Crippen LogP contribution in [0.2, 0.25) is 0 Å². The number of halogens is 1. The van der Waals surface area contributed by atoms with Crippen LogP contribution in [-0.4, -0.2) is 41.7 Å². The van der Waals surface area contributed by atoms with E-state index in [1.165, 1.54) is 0 Å². The molecule has 96 valence electrons. The number of carboxylic acids is 1. The van der Waals surface area contributed by atoms with Gasteiger partial charge in [-0.25, -0.2) is 9.86 Å². The molecule has 0 aromatic rings. The first-order valence-electron chi connectivity index (χ1n) is 4.96. The van der Waals surface area contributed by atoms with Crippen molar-refractivity contribution >= 4 is 24.8 Å². The summed E-state index contributed by atoms with van der Waals surface area (Å²) in [6.07, 6.45) is 2.25. The van der Waals surface area contributed by atoms with E-state index in [1.54, 1.807) is 0 Å². The van der Waals surface area contributed by atoms with Crippen LogP contribution in [0.15, 0.2) is 0 Å². The molecule has 1 amide bonds. The third-order valence-corrected chi connectivity index (χ3v) is 1.87. The Morgan fingerprint density at radius 2 is 2.25 bits per heavy atom. The Morgan fingerprint density at radius 3 is 2.62 bits per heavy atom. The van der Waals surface area contributed by atoms with Crippen molar-refractivity contribution in [1.82, 2.24) is 5.06 Å². The summed E-state index contributed by atoms with van der Waals surface area (Å²) in [4.78, 5) is 26.4. The van der Waals surface area contributed by atoms with Crippen LogP contribution >= 0.6 is 12.4 Å². The highest BCUT2D eigenvalue weighted by molar-refractivity contribution is 5.85. The molecule has 0 heterocycles. The Bertz CT molecular complexity index is 204. The SMILES string of the molecule is CCCCON(C=O)[C@H](CCN)C(=O)O.Cl. The summed E-state index contributed by atoms with van der Waals surface area (Å²) in [6, 6.07) is -0.996. The summed E-state index contributed by atoms with van der Waals surface area (Å²) < 4.78 is 0. The zero-order valence-corrected chi connectivity index (χ0v) is 10.1. The lowest BCUT2D eigenvalue weighted by atomic mass is 10.2. The monoisotopic (exact) mass is 254 g/mol. The zero-order chi connectivity index (χ0) is 11.7. The van der Waals surface area contributed by atoms with E-state index in [0.717, 1.165) is 17.9 Å². The van der Waals surface area contributed by atoms with Crippen LogP contribution in [-0.2, 0) is 14.4 Å². The minimum atomic E-state index is -1.11. The van der Waals surface area contributed by atoms with E-state index in [4.69, 9.17) is 15.7 Å². The van der Waals surface area contributed by atoms with E-state index in [2.05, 4.69) is 0 Å². The molecule has 0 aromatic carbocycles. The molecule has 0 unspecified atom stereocenters. The van der Waals surface area contributed by atoms with Gasteiger partial charge in [-0.05, 0) is 19.4 Å². The molecule has 0 aliphatic rings. The first-order chi connectivity index (χ1) is 7.17. The molecule has 0 aliphatic heterocycles. The Labute approximate surface area is 101 Å². The second-order valence-corrected chi connectivity index (χ2v) is 3.08. The summed E-state index contributed by atoms with van der Waals surface area (Å²) in [7, 11) is 0. The van der Waals surface area contributed by atoms with Crippen molar-refractivity contribution in [2.45, 2.75) is 32.2 Å². The highest BCUT2D eigenvalue weighted by atomic mass is 35.5. The largest absolute Gasteiger partial charge is 0.480 e. The molecule has 16 heavy (non-hydrogen) atoms. The van der Waals surface area contributed by atoms with Crippen molar-refractivity contribution in [2.24, 2.45) is 5.73 Å². The van der Waals surface area contributed by atoms with Crippen LogP contribution in [0.3, 0.4) is 0 Å². The number of aliphatic carboxylic acids is 1. The topological polar surface area (TPSA) is 92.9 Å². The van der Waals surface area contributed by atoms with E-state index in [1.807, 2.05) is 6.92 Å². The van der Waals surface area contributed by atoms with Crippen LogP contribution in [0.1, 0.15) is 26.2 Å². The molecule has 1 atom stereocenters. The van der Waals surface area contributed by atoms with Crippen LogP contribution in [0, 0.1) is 0 Å². The average Bonchev–Trinajstić information content (AvgIpc) is 2.22. The zero-order valence-electron chi connectivity index (χ0n) is 9.30. The van der Waals surface area contributed by atoms with E-state index >= 15 is 0 Å². The van der Waals surface area contributed by atoms with Crippen LogP contribution < -0.4 is 5.73 Å². The number of amides is 1. The number of hydrogen-bond donors (Lipinski definition) is 2. The molecule has 0 spiro atoms. The third kappa shape index (κ3) is 6.60. The first-order valence-corrected chi connectivity index (χ1v) is 4.96. The number of nitrogens with two attached hydrogens (primary N) is 1. The number of unbranched alkanes of at least 4 members (excludes halogenated alkanes) is 1. The van der Waals surface area contributed by atoms with Gasteiger partial charge in [0.05, 0.1) is 6.61 Å². The van der Waals surface area contributed by atoms with Gasteiger partial charge < -0.3 is 10.8 Å². The minimum absolute atomic E-state index is 0. The van der Waals surface area contributed by atoms with E-state index in [-0.39, 0.29) is 25.4 Å². The van der Waals surface area contributed by atoms with Crippen molar-refractivity contribution < 1.29 is 19.5 Å². The van der Waals surface area contributed by atoms with Crippen LogP contribution in [0.25, 0.3) is 0 Å². The Morgan fingerprint density at radius 1 is 1.62 bits per heavy atom. The van der Waals surface area contributed by atoms with Gasteiger partial charge in [0.1, 0.15) is 0 Å². The molecule has 0 fully saturated rings. The molecule has 7 heteroatoms. The second kappa shape index (κ2) is 10.7. The number of carbonyl (C=O) groups is 2. The molecule has 0 rings (SSSR count). The molecular weight excluding hydrogens is 236 g/mol. The Kier molecular flexibility index (Phi) is 11.7. The van der Waals surface area contributed by atoms with Gasteiger partial charge >= 0.3 is 5.97 Å². The lowest BCUT2D eigenvalue weighted by molar-refractivity contribution is -0.196. The fourth-order valence-electron chi connectivity index (χ4n) is 1.03. The predicted molar refractivity (Wildman–Crippen MR) is 61.1 cm³/mol. The maximum absolute atomic E-state index is 10.8. The molecule has 0 saturated carbocycles. The second-order valence-electron chi connectivity index (χ2n) is 3.08. The van der Waals surface area contributed by atoms with Crippen LogP contribution in [0.4, 0.5) is 0 Å². The van der Waals surface area contributed by atoms with Gasteiger partial charge in [0.25, 0.3) is 0 Å². The lowest BCUT2D eigenvalue weighted by Gasteiger charge is -2.23. The van der Waals surface area contributed by atoms with Gasteiger partial charge in [0.2, 0.25) is 6.41 Å². The molecule has 0 radical (unpaired) electrons. The van der Waals surface area contributed by atoms with E-state index < -0.39 is 12.0 Å². The quantitative estimate of drug-likeness (QED) is 0.353. The Hall–Kier alpha value is -0.850. The van der Waals surface area contributed by atoms with Gasteiger partial charge in [-0.15, -0.1) is 12.4 Å². The Balaban J connectivity index is 0. The molecule has 0 aliphatic carbocycles. The summed E-state index contributed by atoms with van der Waals surface area (Å²) >= 11 is 0. The van der Waals surface area contributed by atoms with Crippen molar-refractivity contribution in [3.8, 4) is 0 Å². The van der Waals surface area contributed by atoms with Gasteiger partial charge in [0, 0.05) is 0 Å². The van der Waals surface area contributed by atoms with Gasteiger partial charge in [0.15, 0.2) is 6.04 Å². The van der Waals surface area contributed by atoms with Crippen LogP contribution in [0.5, 0.6) is 0 Å². The van der Waals surface area contributed by atoms with E-state index in [0.29, 0.717) is 13.0 Å². The van der Waals surface area contributed by atoms with Crippen molar-refractivity contribution in [1.29, 1.82) is 0 Å². The predicted octanol–water partition coefficient (Wildman–Crippen LogP) is 0.400. The number of hydrogen-bond acceptors (Lipinski definition) is 4. The molecule has 0 aromatic heterocycles. The van der Waals surface area contributed by atoms with Gasteiger partial charge in [-0.2, -0.15) is 0 Å². The van der Waals surface area contributed by atoms with Gasteiger partial charge in [-0.1, -0.05) is 13.3 Å². The third-order valence-electron chi connectivity index (χ3n) is 1.87. The number of carboxylic acid groups (broad SMARTS) is 1. The molecular formula is C9H19ClN2O4. The fraction of sp³-hybridized carbons (Fsp3) is 0.778. The molecule has 6 nitrogen and oxygen atoms in total. The molecule has 0 saturated heterocycles. The fourth-order valence-corrected chi connectivity index (χ4v) is 1.03. The summed E-state index contributed by atoms with van der Waals surface area (Å²) in [5.41, 5.74) is 5.25. The number of rotatable bonds is 9. The summed E-state index contributed by atoms with van der Waals surface area (Å²) in [6.45, 7) is 2.51.